The van der Waals surface area contributed by atoms with Crippen molar-refractivity contribution in [3.63, 3.8) is 0 Å². The first-order valence-corrected chi connectivity index (χ1v) is 20.6. The van der Waals surface area contributed by atoms with E-state index in [0.29, 0.717) is 12.8 Å². The van der Waals surface area contributed by atoms with Gasteiger partial charge in [-0.2, -0.15) is 0 Å². The molecular weight excluding hydrogens is 604 g/mol. The van der Waals surface area contributed by atoms with Crippen molar-refractivity contribution in [3.05, 3.63) is 0 Å². The van der Waals surface area contributed by atoms with Crippen LogP contribution in [0.3, 0.4) is 0 Å². The van der Waals surface area contributed by atoms with E-state index in [1.54, 1.807) is 6.92 Å². The third-order valence-electron chi connectivity index (χ3n) is 8.56. The molecule has 0 aliphatic carbocycles. The van der Waals surface area contributed by atoms with Gasteiger partial charge in [0.15, 0.2) is 0 Å². The van der Waals surface area contributed by atoms with E-state index < -0.39 is 12.1 Å². The molecule has 0 aliphatic rings. The molecule has 1 unspecified atom stereocenters. The number of hydrogen-bond acceptors (Lipinski definition) is 6. The predicted molar refractivity (Wildman–Crippen MR) is 204 cm³/mol. The van der Waals surface area contributed by atoms with E-state index in [9.17, 15) is 9.59 Å². The number of aliphatic hydroxyl groups is 3. The maximum Gasteiger partial charge on any atom is 0.305 e. The third kappa shape index (κ3) is 57.1. The molecule has 0 saturated carbocycles. The normalized spacial score (nSPS) is 11.3. The Bertz CT molecular complexity index is 595. The summed E-state index contributed by atoms with van der Waals surface area (Å²) in [6, 6.07) is 0. The molecule has 0 spiro atoms. The van der Waals surface area contributed by atoms with Crippen LogP contribution in [0.25, 0.3) is 0 Å². The Balaban J connectivity index is -0.000000767. The first-order chi connectivity index (χ1) is 23.3. The lowest BCUT2D eigenvalue weighted by Gasteiger charge is -2.06. The van der Waals surface area contributed by atoms with Crippen LogP contribution in [0.4, 0.5) is 0 Å². The second kappa shape index (κ2) is 47.9. The zero-order valence-electron chi connectivity index (χ0n) is 32.3. The maximum absolute atomic E-state index is 11.3. The Kier molecular flexibility index (Phi) is 51.1. The number of rotatable bonds is 35. The maximum atomic E-state index is 11.3. The second-order valence-corrected chi connectivity index (χ2v) is 13.8. The molecule has 0 aliphatic heterocycles. The highest BCUT2D eigenvalue weighted by Gasteiger charge is 2.04. The lowest BCUT2D eigenvalue weighted by Crippen LogP contribution is -2.14. The number of ether oxygens (including phenoxy) is 1. The van der Waals surface area contributed by atoms with Crippen molar-refractivity contribution in [2.45, 2.75) is 232 Å². The molecular formula is C41H84O7. The molecule has 0 aromatic rings. The summed E-state index contributed by atoms with van der Waals surface area (Å²) in [6.45, 7) is 6.04. The first kappa shape index (κ1) is 51.2. The van der Waals surface area contributed by atoms with Gasteiger partial charge in [0.1, 0.15) is 6.61 Å². The van der Waals surface area contributed by atoms with Crippen LogP contribution in [0.5, 0.6) is 0 Å². The van der Waals surface area contributed by atoms with Crippen molar-refractivity contribution in [2.75, 3.05) is 19.8 Å². The molecule has 0 radical (unpaired) electrons. The lowest BCUT2D eigenvalue weighted by molar-refractivity contribution is -0.146. The summed E-state index contributed by atoms with van der Waals surface area (Å²) in [5.41, 5.74) is 0. The number of unbranched alkanes of at least 4 members (excludes halogenated alkanes) is 28. The first-order valence-electron chi connectivity index (χ1n) is 20.6. The molecule has 0 bridgehead atoms. The summed E-state index contributed by atoms with van der Waals surface area (Å²) >= 11 is 0. The number of carbonyl (C=O) groups is 2. The molecule has 7 nitrogen and oxygen atoms in total. The fraction of sp³-hybridized carbons (Fsp3) is 0.951. The van der Waals surface area contributed by atoms with Gasteiger partial charge in [0.05, 0.1) is 19.3 Å². The van der Waals surface area contributed by atoms with E-state index >= 15 is 0 Å². The number of carbonyl (C=O) groups excluding carboxylic acids is 1. The van der Waals surface area contributed by atoms with Crippen molar-refractivity contribution >= 4 is 11.9 Å². The highest BCUT2D eigenvalue weighted by atomic mass is 16.5. The summed E-state index contributed by atoms with van der Waals surface area (Å²) in [4.78, 5) is 21.7. The average Bonchev–Trinajstić information content (AvgIpc) is 3.07. The minimum Gasteiger partial charge on any atom is -0.481 e. The summed E-state index contributed by atoms with van der Waals surface area (Å²) in [5.74, 6) is -0.828. The molecule has 290 valence electrons. The van der Waals surface area contributed by atoms with Crippen LogP contribution in [-0.2, 0) is 14.3 Å². The van der Waals surface area contributed by atoms with Gasteiger partial charge < -0.3 is 25.2 Å². The Labute approximate surface area is 298 Å². The van der Waals surface area contributed by atoms with Gasteiger partial charge in [-0.25, -0.2) is 0 Å². The number of hydrogen-bond donors (Lipinski definition) is 4. The van der Waals surface area contributed by atoms with Crippen molar-refractivity contribution in [2.24, 2.45) is 0 Å². The van der Waals surface area contributed by atoms with Gasteiger partial charge in [0, 0.05) is 12.8 Å². The number of aliphatic carboxylic acids is 1. The quantitative estimate of drug-likeness (QED) is 0.0386. The van der Waals surface area contributed by atoms with Gasteiger partial charge in [0.25, 0.3) is 0 Å². The SMILES string of the molecule is CCCCCCCCCCCCCCCCCC(=O)O.CCCCCCCCCCCCCCCCCC(=O)OCC(C)O.OCCO. The van der Waals surface area contributed by atoms with Crippen LogP contribution < -0.4 is 0 Å². The van der Waals surface area contributed by atoms with Gasteiger partial charge in [0.2, 0.25) is 0 Å². The second-order valence-electron chi connectivity index (χ2n) is 13.8. The Morgan fingerprint density at radius 2 is 0.708 bits per heavy atom. The van der Waals surface area contributed by atoms with Gasteiger partial charge >= 0.3 is 11.9 Å². The number of aliphatic hydroxyl groups excluding tert-OH is 3. The van der Waals surface area contributed by atoms with Gasteiger partial charge in [-0.05, 0) is 19.8 Å². The van der Waals surface area contributed by atoms with Crippen LogP contribution in [0, 0.1) is 0 Å². The summed E-state index contributed by atoms with van der Waals surface area (Å²) in [7, 11) is 0. The standard InChI is InChI=1S/C21H42O3.C18H36O2.C2H6O2/c1-3-4-5-6-7-8-9-10-11-12-13-14-15-16-17-18-21(23)24-19-20(2)22;1-2-3-4-5-6-7-8-9-10-11-12-13-14-15-16-17-18(19)20;3-1-2-4/h20,22H,3-19H2,1-2H3;2-17H2,1H3,(H,19,20);3-4H,1-2H2. The summed E-state index contributed by atoms with van der Waals surface area (Å²) in [6.07, 6.45) is 40.0. The lowest BCUT2D eigenvalue weighted by atomic mass is 10.0. The average molecular weight is 689 g/mol. The molecule has 0 aromatic heterocycles. The van der Waals surface area contributed by atoms with Crippen molar-refractivity contribution in [1.82, 2.24) is 0 Å². The molecule has 0 rings (SSSR count). The van der Waals surface area contributed by atoms with Crippen molar-refractivity contribution in [3.8, 4) is 0 Å². The molecule has 0 amide bonds. The fourth-order valence-corrected chi connectivity index (χ4v) is 5.57. The fourth-order valence-electron chi connectivity index (χ4n) is 5.57. The van der Waals surface area contributed by atoms with Crippen molar-refractivity contribution in [1.29, 1.82) is 0 Å². The molecule has 4 N–H and O–H groups in total. The molecule has 7 heteroatoms. The van der Waals surface area contributed by atoms with Gasteiger partial charge in [-0.1, -0.05) is 194 Å². The molecule has 0 saturated heterocycles. The van der Waals surface area contributed by atoms with E-state index in [1.165, 1.54) is 167 Å². The minimum atomic E-state index is -0.653. The van der Waals surface area contributed by atoms with Gasteiger partial charge in [-0.3, -0.25) is 9.59 Å². The number of esters is 1. The predicted octanol–water partition coefficient (Wildman–Crippen LogP) is 11.5. The van der Waals surface area contributed by atoms with Gasteiger partial charge in [-0.15, -0.1) is 0 Å². The van der Waals surface area contributed by atoms with E-state index in [2.05, 4.69) is 13.8 Å². The topological polar surface area (TPSA) is 124 Å². The van der Waals surface area contributed by atoms with E-state index in [1.807, 2.05) is 0 Å². The Hall–Kier alpha value is -1.18. The molecule has 0 fully saturated rings. The zero-order chi connectivity index (χ0) is 36.2. The Morgan fingerprint density at radius 1 is 0.458 bits per heavy atom. The number of carboxylic acid groups (broad SMARTS) is 1. The van der Waals surface area contributed by atoms with Crippen LogP contribution in [0.2, 0.25) is 0 Å². The monoisotopic (exact) mass is 689 g/mol. The summed E-state index contributed by atoms with van der Waals surface area (Å²) < 4.78 is 4.93. The molecule has 1 atom stereocenters. The van der Waals surface area contributed by atoms with Crippen LogP contribution in [-0.4, -0.2) is 58.3 Å². The van der Waals surface area contributed by atoms with E-state index in [0.717, 1.165) is 25.7 Å². The van der Waals surface area contributed by atoms with Crippen LogP contribution in [0.1, 0.15) is 226 Å². The van der Waals surface area contributed by atoms with Crippen LogP contribution >= 0.6 is 0 Å². The number of carboxylic acids is 1. The van der Waals surface area contributed by atoms with E-state index in [-0.39, 0.29) is 25.8 Å². The molecule has 0 heterocycles. The highest BCUT2D eigenvalue weighted by Crippen LogP contribution is 2.15. The van der Waals surface area contributed by atoms with Crippen LogP contribution in [0.15, 0.2) is 0 Å². The molecule has 0 aromatic carbocycles. The summed E-state index contributed by atoms with van der Waals surface area (Å²) in [5, 5.41) is 32.8. The van der Waals surface area contributed by atoms with E-state index in [4.69, 9.17) is 25.2 Å². The minimum absolute atomic E-state index is 0.123. The molecule has 48 heavy (non-hydrogen) atoms. The highest BCUT2D eigenvalue weighted by molar-refractivity contribution is 5.69. The third-order valence-corrected chi connectivity index (χ3v) is 8.56. The zero-order valence-corrected chi connectivity index (χ0v) is 32.3. The largest absolute Gasteiger partial charge is 0.481 e. The Morgan fingerprint density at radius 3 is 0.938 bits per heavy atom. The smallest absolute Gasteiger partial charge is 0.305 e. The van der Waals surface area contributed by atoms with Crippen molar-refractivity contribution < 1.29 is 34.8 Å².